The lowest BCUT2D eigenvalue weighted by atomic mass is 10.1. The van der Waals surface area contributed by atoms with Gasteiger partial charge in [0.15, 0.2) is 11.5 Å². The number of nitro benzene ring substituents is 1. The van der Waals surface area contributed by atoms with Crippen LogP contribution in [0.5, 0.6) is 11.5 Å². The molecule has 0 fully saturated rings. The van der Waals surface area contributed by atoms with Crippen molar-refractivity contribution in [2.24, 2.45) is 0 Å². The van der Waals surface area contributed by atoms with Gasteiger partial charge in [0.1, 0.15) is 0 Å². The highest BCUT2D eigenvalue weighted by Gasteiger charge is 2.21. The first kappa shape index (κ1) is 10.4. The van der Waals surface area contributed by atoms with E-state index in [-0.39, 0.29) is 19.1 Å². The van der Waals surface area contributed by atoms with Gasteiger partial charge in [-0.1, -0.05) is 6.08 Å². The largest absolute Gasteiger partial charge is 0.454 e. The molecule has 84 valence electrons. The molecule has 0 radical (unpaired) electrons. The molecule has 0 amide bonds. The Morgan fingerprint density at radius 2 is 2.12 bits per heavy atom. The minimum atomic E-state index is -0.501. The average molecular weight is 223 g/mol. The number of nitrogens with zero attached hydrogens (tertiary/aromatic N) is 1. The number of hydrogen-bond acceptors (Lipinski definition) is 5. The number of aliphatic hydroxyl groups excluding tert-OH is 1. The smallest absolute Gasteiger partial charge is 0.280 e. The maximum atomic E-state index is 10.8. The van der Waals surface area contributed by atoms with Crippen molar-refractivity contribution in [1.29, 1.82) is 0 Å². The lowest BCUT2D eigenvalue weighted by molar-refractivity contribution is -0.385. The van der Waals surface area contributed by atoms with Crippen molar-refractivity contribution in [3.8, 4) is 11.5 Å². The highest BCUT2D eigenvalue weighted by atomic mass is 16.7. The molecule has 0 aromatic heterocycles. The Morgan fingerprint density at radius 1 is 1.44 bits per heavy atom. The molecular formula is C10H9NO5. The molecule has 0 saturated heterocycles. The summed E-state index contributed by atoms with van der Waals surface area (Å²) in [7, 11) is 0. The van der Waals surface area contributed by atoms with Crippen LogP contribution in [0.25, 0.3) is 6.08 Å². The van der Waals surface area contributed by atoms with Crippen LogP contribution in [-0.2, 0) is 0 Å². The highest BCUT2D eigenvalue weighted by molar-refractivity contribution is 5.67. The zero-order chi connectivity index (χ0) is 11.5. The normalized spacial score (nSPS) is 13.3. The van der Waals surface area contributed by atoms with Gasteiger partial charge in [0, 0.05) is 0 Å². The van der Waals surface area contributed by atoms with E-state index in [9.17, 15) is 10.1 Å². The monoisotopic (exact) mass is 223 g/mol. The highest BCUT2D eigenvalue weighted by Crippen LogP contribution is 2.38. The second-order valence-corrected chi connectivity index (χ2v) is 3.11. The molecule has 0 spiro atoms. The van der Waals surface area contributed by atoms with Crippen LogP contribution in [0.1, 0.15) is 5.56 Å². The fraction of sp³-hybridized carbons (Fsp3) is 0.200. The lowest BCUT2D eigenvalue weighted by Crippen LogP contribution is -1.93. The maximum Gasteiger partial charge on any atom is 0.280 e. The molecule has 1 aliphatic heterocycles. The molecule has 0 unspecified atom stereocenters. The van der Waals surface area contributed by atoms with E-state index in [1.165, 1.54) is 24.3 Å². The van der Waals surface area contributed by atoms with E-state index in [0.29, 0.717) is 17.1 Å². The summed E-state index contributed by atoms with van der Waals surface area (Å²) in [6.45, 7) is -0.106. The van der Waals surface area contributed by atoms with Crippen LogP contribution in [0.4, 0.5) is 5.69 Å². The summed E-state index contributed by atoms with van der Waals surface area (Å²) in [6.07, 6.45) is 2.89. The molecule has 1 aromatic carbocycles. The Morgan fingerprint density at radius 3 is 2.75 bits per heavy atom. The quantitative estimate of drug-likeness (QED) is 0.617. The molecule has 1 N–H and O–H groups in total. The summed E-state index contributed by atoms with van der Waals surface area (Å²) in [4.78, 5) is 10.3. The average Bonchev–Trinajstić information content (AvgIpc) is 2.71. The van der Waals surface area contributed by atoms with Crippen molar-refractivity contribution in [3.63, 3.8) is 0 Å². The molecule has 16 heavy (non-hydrogen) atoms. The summed E-state index contributed by atoms with van der Waals surface area (Å²) in [5, 5.41) is 19.4. The second kappa shape index (κ2) is 4.19. The Hall–Kier alpha value is -2.08. The van der Waals surface area contributed by atoms with Crippen LogP contribution >= 0.6 is 0 Å². The van der Waals surface area contributed by atoms with Gasteiger partial charge >= 0.3 is 0 Å². The van der Waals surface area contributed by atoms with Gasteiger partial charge in [0.2, 0.25) is 6.79 Å². The molecule has 1 aliphatic rings. The number of aliphatic hydroxyl groups is 1. The molecule has 1 heterocycles. The van der Waals surface area contributed by atoms with E-state index in [4.69, 9.17) is 14.6 Å². The third-order valence-electron chi connectivity index (χ3n) is 2.12. The summed E-state index contributed by atoms with van der Waals surface area (Å²) < 4.78 is 10.2. The van der Waals surface area contributed by atoms with Gasteiger partial charge in [0.05, 0.1) is 23.2 Å². The first-order chi connectivity index (χ1) is 7.72. The Kier molecular flexibility index (Phi) is 2.74. The van der Waals surface area contributed by atoms with Gasteiger partial charge in [-0.2, -0.15) is 0 Å². The third-order valence-corrected chi connectivity index (χ3v) is 2.12. The molecule has 6 heteroatoms. The summed E-state index contributed by atoms with van der Waals surface area (Å²) in [5.41, 5.74) is 0.303. The van der Waals surface area contributed by atoms with Gasteiger partial charge in [-0.05, 0) is 12.1 Å². The first-order valence-corrected chi connectivity index (χ1v) is 4.58. The van der Waals surface area contributed by atoms with Crippen LogP contribution < -0.4 is 9.47 Å². The number of ether oxygens (including phenoxy) is 2. The fourth-order valence-electron chi connectivity index (χ4n) is 1.42. The Balaban J connectivity index is 2.48. The Labute approximate surface area is 90.9 Å². The van der Waals surface area contributed by atoms with Crippen LogP contribution in [0.3, 0.4) is 0 Å². The Bertz CT molecular complexity index is 455. The zero-order valence-electron chi connectivity index (χ0n) is 8.25. The van der Waals surface area contributed by atoms with E-state index in [2.05, 4.69) is 0 Å². The number of benzene rings is 1. The van der Waals surface area contributed by atoms with Crippen LogP contribution in [0, 0.1) is 10.1 Å². The van der Waals surface area contributed by atoms with Crippen molar-refractivity contribution in [3.05, 3.63) is 33.9 Å². The molecule has 1 aromatic rings. The summed E-state index contributed by atoms with van der Waals surface area (Å²) in [5.74, 6) is 0.844. The third kappa shape index (κ3) is 1.82. The standard InChI is InChI=1S/C10H9NO5/c12-3-1-2-7-4-9-10(16-6-15-9)5-8(7)11(13)14/h1-2,4-5,12H,3,6H2. The predicted molar refractivity (Wildman–Crippen MR) is 55.3 cm³/mol. The van der Waals surface area contributed by atoms with Gasteiger partial charge in [-0.3, -0.25) is 10.1 Å². The summed E-state index contributed by atoms with van der Waals surface area (Å²) >= 11 is 0. The number of hydrogen-bond donors (Lipinski definition) is 1. The number of fused-ring (bicyclic) bond motifs is 1. The van der Waals surface area contributed by atoms with E-state index in [0.717, 1.165) is 0 Å². The van der Waals surface area contributed by atoms with Crippen LogP contribution in [0.2, 0.25) is 0 Å². The molecule has 0 saturated carbocycles. The topological polar surface area (TPSA) is 81.8 Å². The van der Waals surface area contributed by atoms with Crippen molar-refractivity contribution in [2.45, 2.75) is 0 Å². The predicted octanol–water partition coefficient (Wildman–Crippen LogP) is 1.33. The van der Waals surface area contributed by atoms with E-state index in [1.807, 2.05) is 0 Å². The molecule has 6 nitrogen and oxygen atoms in total. The van der Waals surface area contributed by atoms with Gasteiger partial charge in [-0.15, -0.1) is 0 Å². The summed E-state index contributed by atoms with van der Waals surface area (Å²) in [6, 6.07) is 2.84. The van der Waals surface area contributed by atoms with Gasteiger partial charge in [-0.25, -0.2) is 0 Å². The number of nitro groups is 1. The van der Waals surface area contributed by atoms with Gasteiger partial charge in [0.25, 0.3) is 5.69 Å². The van der Waals surface area contributed by atoms with E-state index < -0.39 is 4.92 Å². The minimum absolute atomic E-state index is 0.0691. The fourth-order valence-corrected chi connectivity index (χ4v) is 1.42. The van der Waals surface area contributed by atoms with Crippen molar-refractivity contribution in [2.75, 3.05) is 13.4 Å². The van der Waals surface area contributed by atoms with Crippen molar-refractivity contribution < 1.29 is 19.5 Å². The van der Waals surface area contributed by atoms with E-state index >= 15 is 0 Å². The molecule has 0 bridgehead atoms. The van der Waals surface area contributed by atoms with Crippen molar-refractivity contribution in [1.82, 2.24) is 0 Å². The molecule has 2 rings (SSSR count). The molecule has 0 aliphatic carbocycles. The lowest BCUT2D eigenvalue weighted by Gasteiger charge is -2.00. The first-order valence-electron chi connectivity index (χ1n) is 4.58. The van der Waals surface area contributed by atoms with Crippen LogP contribution in [0.15, 0.2) is 18.2 Å². The SMILES string of the molecule is O=[N+]([O-])c1cc2c(cc1C=CCO)OCO2. The van der Waals surface area contributed by atoms with Crippen molar-refractivity contribution >= 4 is 11.8 Å². The van der Waals surface area contributed by atoms with Gasteiger partial charge < -0.3 is 14.6 Å². The number of rotatable bonds is 3. The second-order valence-electron chi connectivity index (χ2n) is 3.11. The molecular weight excluding hydrogens is 214 g/mol. The zero-order valence-corrected chi connectivity index (χ0v) is 8.25. The van der Waals surface area contributed by atoms with E-state index in [1.54, 1.807) is 0 Å². The minimum Gasteiger partial charge on any atom is -0.454 e. The maximum absolute atomic E-state index is 10.8. The molecule has 0 atom stereocenters. The van der Waals surface area contributed by atoms with Crippen LogP contribution in [-0.4, -0.2) is 23.4 Å².